The van der Waals surface area contributed by atoms with E-state index < -0.39 is 17.7 Å². The lowest BCUT2D eigenvalue weighted by Gasteiger charge is -2.30. The number of benzene rings is 2. The van der Waals surface area contributed by atoms with Crippen molar-refractivity contribution in [1.82, 2.24) is 0 Å². The lowest BCUT2D eigenvalue weighted by Crippen LogP contribution is -2.24. The maximum Gasteiger partial charge on any atom is 0.130 e. The Labute approximate surface area is 109 Å². The normalized spacial score (nSPS) is 21.6. The molecule has 0 saturated carbocycles. The second-order valence-corrected chi connectivity index (χ2v) is 4.65. The van der Waals surface area contributed by atoms with Crippen molar-refractivity contribution in [2.45, 2.75) is 18.6 Å². The Balaban J connectivity index is 1.99. The van der Waals surface area contributed by atoms with Crippen molar-refractivity contribution < 1.29 is 13.5 Å². The van der Waals surface area contributed by atoms with Gasteiger partial charge >= 0.3 is 0 Å². The molecule has 2 nitrogen and oxygen atoms in total. The van der Waals surface area contributed by atoms with Crippen LogP contribution < -0.4 is 10.5 Å². The number of hydrogen-bond donors (Lipinski definition) is 1. The predicted octanol–water partition coefficient (Wildman–Crippen LogP) is 3.49. The first-order valence-corrected chi connectivity index (χ1v) is 6.11. The van der Waals surface area contributed by atoms with Gasteiger partial charge in [-0.2, -0.15) is 0 Å². The Morgan fingerprint density at radius 2 is 1.84 bits per heavy atom. The van der Waals surface area contributed by atoms with Crippen LogP contribution >= 0.6 is 0 Å². The quantitative estimate of drug-likeness (QED) is 0.852. The highest BCUT2D eigenvalue weighted by atomic mass is 19.1. The average molecular weight is 261 g/mol. The van der Waals surface area contributed by atoms with Crippen LogP contribution in [0.3, 0.4) is 0 Å². The van der Waals surface area contributed by atoms with Gasteiger partial charge in [0, 0.05) is 23.6 Å². The zero-order chi connectivity index (χ0) is 13.4. The van der Waals surface area contributed by atoms with Gasteiger partial charge in [-0.25, -0.2) is 8.78 Å². The third kappa shape index (κ3) is 2.19. The van der Waals surface area contributed by atoms with Crippen molar-refractivity contribution in [2.24, 2.45) is 5.73 Å². The summed E-state index contributed by atoms with van der Waals surface area (Å²) in [6.07, 6.45) is -0.127. The smallest absolute Gasteiger partial charge is 0.130 e. The summed E-state index contributed by atoms with van der Waals surface area (Å²) in [6, 6.07) is 10.5. The van der Waals surface area contributed by atoms with E-state index in [0.717, 1.165) is 17.7 Å². The van der Waals surface area contributed by atoms with Crippen molar-refractivity contribution in [3.8, 4) is 5.75 Å². The van der Waals surface area contributed by atoms with Crippen molar-refractivity contribution in [3.05, 3.63) is 65.2 Å². The van der Waals surface area contributed by atoms with Crippen molar-refractivity contribution in [3.63, 3.8) is 0 Å². The molecule has 2 N–H and O–H groups in total. The Hall–Kier alpha value is -1.94. The van der Waals surface area contributed by atoms with E-state index in [1.807, 2.05) is 18.2 Å². The fourth-order valence-electron chi connectivity index (χ4n) is 2.40. The van der Waals surface area contributed by atoms with E-state index in [1.165, 1.54) is 6.07 Å². The van der Waals surface area contributed by atoms with E-state index in [9.17, 15) is 8.78 Å². The lowest BCUT2D eigenvalue weighted by molar-refractivity contribution is 0.157. The van der Waals surface area contributed by atoms with Gasteiger partial charge in [0.05, 0.1) is 0 Å². The average Bonchev–Trinajstić information content (AvgIpc) is 2.41. The van der Waals surface area contributed by atoms with Crippen LogP contribution in [0.25, 0.3) is 0 Å². The molecule has 2 aromatic rings. The Morgan fingerprint density at radius 1 is 1.05 bits per heavy atom. The number of rotatable bonds is 1. The van der Waals surface area contributed by atoms with Crippen LogP contribution in [0.4, 0.5) is 8.78 Å². The maximum absolute atomic E-state index is 13.8. The van der Waals surface area contributed by atoms with Gasteiger partial charge in [0.25, 0.3) is 0 Å². The molecule has 0 aliphatic carbocycles. The molecular weight excluding hydrogens is 248 g/mol. The predicted molar refractivity (Wildman–Crippen MR) is 67.7 cm³/mol. The van der Waals surface area contributed by atoms with Crippen molar-refractivity contribution in [2.75, 3.05) is 0 Å². The molecule has 2 unspecified atom stereocenters. The molecule has 98 valence electrons. The molecule has 4 heteroatoms. The van der Waals surface area contributed by atoms with Crippen LogP contribution in [-0.4, -0.2) is 0 Å². The Kier molecular flexibility index (Phi) is 2.95. The summed E-state index contributed by atoms with van der Waals surface area (Å²) in [7, 11) is 0. The zero-order valence-electron chi connectivity index (χ0n) is 10.1. The van der Waals surface area contributed by atoms with Crippen LogP contribution in [-0.2, 0) is 0 Å². The highest BCUT2D eigenvalue weighted by Gasteiger charge is 2.28. The third-order valence-corrected chi connectivity index (χ3v) is 3.36. The number of halogens is 2. The van der Waals surface area contributed by atoms with Gasteiger partial charge in [-0.15, -0.1) is 0 Å². The van der Waals surface area contributed by atoms with Crippen LogP contribution in [0.5, 0.6) is 5.75 Å². The van der Waals surface area contributed by atoms with E-state index in [0.29, 0.717) is 12.2 Å². The van der Waals surface area contributed by atoms with Gasteiger partial charge in [0.1, 0.15) is 23.5 Å². The minimum Gasteiger partial charge on any atom is -0.485 e. The van der Waals surface area contributed by atoms with E-state index in [1.54, 1.807) is 6.07 Å². The molecule has 1 aliphatic rings. The number of nitrogens with two attached hydrogens (primary N) is 1. The molecule has 1 heterocycles. The van der Waals surface area contributed by atoms with Crippen LogP contribution in [0, 0.1) is 11.6 Å². The van der Waals surface area contributed by atoms with Gasteiger partial charge in [-0.05, 0) is 24.3 Å². The fourth-order valence-corrected chi connectivity index (χ4v) is 2.40. The molecule has 3 rings (SSSR count). The van der Waals surface area contributed by atoms with Gasteiger partial charge in [-0.1, -0.05) is 18.2 Å². The minimum absolute atomic E-state index is 0.213. The molecule has 2 atom stereocenters. The zero-order valence-corrected chi connectivity index (χ0v) is 10.1. The van der Waals surface area contributed by atoms with Gasteiger partial charge in [0.15, 0.2) is 0 Å². The first-order valence-electron chi connectivity index (χ1n) is 6.11. The topological polar surface area (TPSA) is 35.2 Å². The molecule has 0 bridgehead atoms. The molecule has 0 amide bonds. The molecule has 2 aromatic carbocycles. The Bertz CT molecular complexity index is 615. The number of ether oxygens (including phenoxy) is 1. The molecule has 0 radical (unpaired) electrons. The molecule has 1 aliphatic heterocycles. The molecule has 0 fully saturated rings. The summed E-state index contributed by atoms with van der Waals surface area (Å²) in [5.41, 5.74) is 7.18. The van der Waals surface area contributed by atoms with Crippen LogP contribution in [0.2, 0.25) is 0 Å². The second kappa shape index (κ2) is 4.63. The van der Waals surface area contributed by atoms with Crippen molar-refractivity contribution in [1.29, 1.82) is 0 Å². The molecule has 0 aromatic heterocycles. The second-order valence-electron chi connectivity index (χ2n) is 4.65. The summed E-state index contributed by atoms with van der Waals surface area (Å²) < 4.78 is 32.7. The van der Waals surface area contributed by atoms with E-state index in [4.69, 9.17) is 10.5 Å². The summed E-state index contributed by atoms with van der Waals surface area (Å²) in [4.78, 5) is 0. The van der Waals surface area contributed by atoms with E-state index in [-0.39, 0.29) is 11.6 Å². The highest BCUT2D eigenvalue weighted by Crippen LogP contribution is 2.40. The summed E-state index contributed by atoms with van der Waals surface area (Å²) in [5, 5.41) is 0. The minimum atomic E-state index is -0.555. The molecular formula is C15H13F2NO. The SMILES string of the molecule is NC1CC(c2cc(F)ccc2F)Oc2ccccc21. The van der Waals surface area contributed by atoms with Crippen LogP contribution in [0.1, 0.15) is 29.7 Å². The molecule has 0 spiro atoms. The monoisotopic (exact) mass is 261 g/mol. The number of hydrogen-bond acceptors (Lipinski definition) is 2. The van der Waals surface area contributed by atoms with Gasteiger partial charge < -0.3 is 10.5 Å². The first-order chi connectivity index (χ1) is 9.15. The maximum atomic E-state index is 13.8. The largest absolute Gasteiger partial charge is 0.485 e. The summed E-state index contributed by atoms with van der Waals surface area (Å²) in [6.45, 7) is 0. The number of para-hydroxylation sites is 1. The number of fused-ring (bicyclic) bond motifs is 1. The lowest BCUT2D eigenvalue weighted by atomic mass is 9.93. The summed E-state index contributed by atoms with van der Waals surface area (Å²) in [5.74, 6) is -0.319. The standard InChI is InChI=1S/C15H13F2NO/c16-9-5-6-12(17)11(7-9)15-8-13(18)10-3-1-2-4-14(10)19-15/h1-7,13,15H,8,18H2. The first kappa shape index (κ1) is 12.1. The van der Waals surface area contributed by atoms with Gasteiger partial charge in [0.2, 0.25) is 0 Å². The van der Waals surface area contributed by atoms with Crippen molar-refractivity contribution >= 4 is 0 Å². The fraction of sp³-hybridized carbons (Fsp3) is 0.200. The Morgan fingerprint density at radius 3 is 2.68 bits per heavy atom. The van der Waals surface area contributed by atoms with E-state index in [2.05, 4.69) is 0 Å². The molecule has 0 saturated heterocycles. The van der Waals surface area contributed by atoms with Crippen LogP contribution in [0.15, 0.2) is 42.5 Å². The highest BCUT2D eigenvalue weighted by molar-refractivity contribution is 5.39. The van der Waals surface area contributed by atoms with E-state index >= 15 is 0 Å². The third-order valence-electron chi connectivity index (χ3n) is 3.36. The summed E-state index contributed by atoms with van der Waals surface area (Å²) >= 11 is 0. The van der Waals surface area contributed by atoms with Gasteiger partial charge in [-0.3, -0.25) is 0 Å². The molecule has 19 heavy (non-hydrogen) atoms.